The summed E-state index contributed by atoms with van der Waals surface area (Å²) in [4.78, 5) is 11.9. The summed E-state index contributed by atoms with van der Waals surface area (Å²) in [6, 6.07) is 18.8. The van der Waals surface area contributed by atoms with Crippen LogP contribution in [0.5, 0.6) is 11.5 Å². The molecule has 1 amide bonds. The topological polar surface area (TPSA) is 114 Å². The van der Waals surface area contributed by atoms with Crippen molar-refractivity contribution in [1.82, 2.24) is 0 Å². The van der Waals surface area contributed by atoms with Crippen molar-refractivity contribution in [1.29, 1.82) is 0 Å². The molecule has 1 aliphatic heterocycles. The molecule has 2 aliphatic rings. The van der Waals surface area contributed by atoms with Gasteiger partial charge in [-0.25, -0.2) is 0 Å². The van der Waals surface area contributed by atoms with E-state index in [9.17, 15) is 13.6 Å². The van der Waals surface area contributed by atoms with Gasteiger partial charge in [0.2, 0.25) is 12.7 Å². The Labute approximate surface area is 213 Å². The van der Waals surface area contributed by atoms with E-state index in [0.717, 1.165) is 35.1 Å². The summed E-state index contributed by atoms with van der Waals surface area (Å²) in [7, 11) is 0. The number of carbonyl (C=O) groups is 1. The molecule has 0 bridgehead atoms. The second-order valence-electron chi connectivity index (χ2n) is 9.59. The second-order valence-corrected chi connectivity index (χ2v) is 10.8. The van der Waals surface area contributed by atoms with Crippen molar-refractivity contribution in [2.75, 3.05) is 12.1 Å². The molecule has 3 aromatic carbocycles. The molecular formula is C28H29N2O5S-. The van der Waals surface area contributed by atoms with E-state index in [2.05, 4.69) is 5.32 Å². The molecule has 2 unspecified atom stereocenters. The Balaban J connectivity index is 1.38. The number of carbonyl (C=O) groups excluding carboxylic acids is 1. The molecule has 188 valence electrons. The Kier molecular flexibility index (Phi) is 6.36. The molecule has 0 saturated heterocycles. The van der Waals surface area contributed by atoms with Crippen LogP contribution in [-0.4, -0.2) is 21.5 Å². The Hall–Kier alpha value is -3.20. The number of fused-ring (bicyclic) bond motifs is 1. The Morgan fingerprint density at radius 3 is 2.47 bits per heavy atom. The second kappa shape index (κ2) is 9.35. The molecule has 3 aromatic rings. The Morgan fingerprint density at radius 2 is 1.81 bits per heavy atom. The fraction of sp³-hybridized carbons (Fsp3) is 0.321. The van der Waals surface area contributed by atoms with E-state index in [1.54, 1.807) is 12.1 Å². The number of amides is 1. The molecular weight excluding hydrogens is 476 g/mol. The summed E-state index contributed by atoms with van der Waals surface area (Å²) in [5, 5.41) is 3.10. The van der Waals surface area contributed by atoms with Gasteiger partial charge in [-0.15, -0.1) is 0 Å². The summed E-state index contributed by atoms with van der Waals surface area (Å²) < 4.78 is 34.6. The zero-order chi connectivity index (χ0) is 25.5. The van der Waals surface area contributed by atoms with Crippen LogP contribution in [0.1, 0.15) is 49.3 Å². The Morgan fingerprint density at radius 1 is 1.08 bits per heavy atom. The molecule has 1 fully saturated rings. The lowest BCUT2D eigenvalue weighted by atomic mass is 9.93. The predicted molar refractivity (Wildman–Crippen MR) is 138 cm³/mol. The van der Waals surface area contributed by atoms with Crippen molar-refractivity contribution in [3.05, 3.63) is 77.4 Å². The van der Waals surface area contributed by atoms with Gasteiger partial charge in [0.05, 0.1) is 5.41 Å². The predicted octanol–water partition coefficient (Wildman–Crippen LogP) is 4.85. The van der Waals surface area contributed by atoms with Gasteiger partial charge >= 0.3 is 0 Å². The number of nitrogens with two attached hydrogens (primary N) is 1. The lowest BCUT2D eigenvalue weighted by molar-refractivity contribution is -0.118. The van der Waals surface area contributed by atoms with Crippen LogP contribution in [0.3, 0.4) is 0 Å². The van der Waals surface area contributed by atoms with Gasteiger partial charge in [-0.2, -0.15) is 0 Å². The summed E-state index contributed by atoms with van der Waals surface area (Å²) in [6.07, 6.45) is 2.55. The molecule has 2 atom stereocenters. The van der Waals surface area contributed by atoms with E-state index in [4.69, 9.17) is 15.2 Å². The van der Waals surface area contributed by atoms with Crippen LogP contribution in [0.25, 0.3) is 11.1 Å². The maximum Gasteiger partial charge on any atom is 0.235 e. The highest BCUT2D eigenvalue weighted by molar-refractivity contribution is 7.80. The van der Waals surface area contributed by atoms with Crippen LogP contribution in [0.15, 0.2) is 60.7 Å². The average Bonchev–Trinajstić information content (AvgIpc) is 3.56. The number of anilines is 1. The van der Waals surface area contributed by atoms with Crippen LogP contribution >= 0.6 is 0 Å². The van der Waals surface area contributed by atoms with Crippen molar-refractivity contribution in [3.63, 3.8) is 0 Å². The highest BCUT2D eigenvalue weighted by Crippen LogP contribution is 2.51. The molecule has 1 heterocycles. The molecule has 3 N–H and O–H groups in total. The summed E-state index contributed by atoms with van der Waals surface area (Å²) in [5.41, 5.74) is 10.8. The summed E-state index contributed by atoms with van der Waals surface area (Å²) in [5.74, 6) is 1.33. The van der Waals surface area contributed by atoms with Gasteiger partial charge in [0, 0.05) is 5.69 Å². The van der Waals surface area contributed by atoms with Crippen LogP contribution in [-0.2, 0) is 26.2 Å². The van der Waals surface area contributed by atoms with E-state index in [-0.39, 0.29) is 12.7 Å². The SMILES string of the molecule is CCCC(N)(c1ccc(-c2cc(NC(=O)C3(c4ccc5c(c4)OCO5)CC3)ccc2C)cc1)S(=O)[O-]. The summed E-state index contributed by atoms with van der Waals surface area (Å²) in [6.45, 7) is 4.11. The van der Waals surface area contributed by atoms with E-state index in [1.807, 2.05) is 62.4 Å². The van der Waals surface area contributed by atoms with Crippen LogP contribution in [0.4, 0.5) is 5.69 Å². The van der Waals surface area contributed by atoms with E-state index < -0.39 is 21.4 Å². The van der Waals surface area contributed by atoms with Gasteiger partial charge in [-0.05, 0) is 89.3 Å². The first kappa shape index (κ1) is 24.5. The Bertz CT molecular complexity index is 1340. The third kappa shape index (κ3) is 4.30. The van der Waals surface area contributed by atoms with Gasteiger partial charge in [0.25, 0.3) is 0 Å². The number of hydrogen-bond acceptors (Lipinski definition) is 6. The molecule has 7 nitrogen and oxygen atoms in total. The lowest BCUT2D eigenvalue weighted by Crippen LogP contribution is -2.41. The standard InChI is InChI=1S/C28H30N2O5S/c1-3-12-28(29,36(32)33)20-7-5-19(6-8-20)23-16-22(10-4-18(23)2)30-26(31)27(13-14-27)21-9-11-24-25(15-21)35-17-34-24/h4-11,15-16H,3,12-14,17,29H2,1-2H3,(H,30,31)(H,32,33)/p-1. The van der Waals surface area contributed by atoms with Crippen molar-refractivity contribution >= 4 is 22.7 Å². The first-order valence-corrected chi connectivity index (χ1v) is 13.2. The van der Waals surface area contributed by atoms with Crippen LogP contribution in [0.2, 0.25) is 0 Å². The smallest absolute Gasteiger partial charge is 0.235 e. The molecule has 36 heavy (non-hydrogen) atoms. The zero-order valence-corrected chi connectivity index (χ0v) is 21.2. The minimum atomic E-state index is -2.44. The van der Waals surface area contributed by atoms with Crippen molar-refractivity contribution in [2.24, 2.45) is 5.73 Å². The highest BCUT2D eigenvalue weighted by atomic mass is 32.2. The van der Waals surface area contributed by atoms with E-state index in [1.165, 1.54) is 0 Å². The van der Waals surface area contributed by atoms with Gasteiger partial charge < -0.3 is 25.1 Å². The summed E-state index contributed by atoms with van der Waals surface area (Å²) >= 11 is -2.44. The average molecular weight is 506 g/mol. The van der Waals surface area contributed by atoms with Crippen molar-refractivity contribution < 1.29 is 23.0 Å². The minimum absolute atomic E-state index is 0.0445. The number of rotatable bonds is 8. The fourth-order valence-corrected chi connectivity index (χ4v) is 5.55. The first-order valence-electron chi connectivity index (χ1n) is 12.1. The van der Waals surface area contributed by atoms with Gasteiger partial charge in [-0.1, -0.05) is 49.7 Å². The molecule has 5 rings (SSSR count). The van der Waals surface area contributed by atoms with Gasteiger partial charge in [0.1, 0.15) is 4.87 Å². The quantitative estimate of drug-likeness (QED) is 0.423. The number of ether oxygens (including phenoxy) is 2. The number of hydrogen-bond donors (Lipinski definition) is 2. The maximum atomic E-state index is 13.4. The van der Waals surface area contributed by atoms with Crippen LogP contribution < -0.4 is 20.5 Å². The molecule has 0 radical (unpaired) electrons. The number of aryl methyl sites for hydroxylation is 1. The molecule has 1 aliphatic carbocycles. The van der Waals surface area contributed by atoms with Gasteiger partial charge in [-0.3, -0.25) is 9.00 Å². The molecule has 1 saturated carbocycles. The fourth-order valence-electron chi connectivity index (χ4n) is 4.85. The largest absolute Gasteiger partial charge is 0.771 e. The lowest BCUT2D eigenvalue weighted by Gasteiger charge is -2.32. The van der Waals surface area contributed by atoms with E-state index >= 15 is 0 Å². The third-order valence-electron chi connectivity index (χ3n) is 7.21. The number of benzene rings is 3. The highest BCUT2D eigenvalue weighted by Gasteiger charge is 2.51. The third-order valence-corrected chi connectivity index (χ3v) is 8.24. The van der Waals surface area contributed by atoms with Gasteiger partial charge in [0.15, 0.2) is 11.5 Å². The molecule has 0 spiro atoms. The van der Waals surface area contributed by atoms with E-state index in [0.29, 0.717) is 35.6 Å². The normalized spacial score (nSPS) is 17.8. The van der Waals surface area contributed by atoms with Crippen molar-refractivity contribution in [2.45, 2.75) is 49.8 Å². The van der Waals surface area contributed by atoms with Crippen molar-refractivity contribution in [3.8, 4) is 22.6 Å². The van der Waals surface area contributed by atoms with Crippen LogP contribution in [0, 0.1) is 6.92 Å². The number of nitrogens with one attached hydrogen (secondary N) is 1. The minimum Gasteiger partial charge on any atom is -0.771 e. The first-order chi connectivity index (χ1) is 17.3. The molecule has 8 heteroatoms. The zero-order valence-electron chi connectivity index (χ0n) is 20.3. The monoisotopic (exact) mass is 505 g/mol. The maximum absolute atomic E-state index is 13.4. The molecule has 0 aromatic heterocycles.